The van der Waals surface area contributed by atoms with Gasteiger partial charge in [-0.25, -0.2) is 4.79 Å². The molecule has 0 aliphatic rings. The number of hydrogen-bond donors (Lipinski definition) is 1. The number of benzene rings is 1. The summed E-state index contributed by atoms with van der Waals surface area (Å²) in [4.78, 5) is 21.4. The Morgan fingerprint density at radius 2 is 2.14 bits per heavy atom. The predicted octanol–water partition coefficient (Wildman–Crippen LogP) is 2.40. The smallest absolute Gasteiger partial charge is 0.337 e. The Morgan fingerprint density at radius 1 is 1.43 bits per heavy atom. The molecule has 0 saturated heterocycles. The zero-order valence-corrected chi connectivity index (χ0v) is 9.00. The maximum Gasteiger partial charge on any atom is 0.337 e. The predicted molar refractivity (Wildman–Crippen MR) is 55.7 cm³/mol. The molecule has 0 atom stereocenters. The topological polar surface area (TPSA) is 55.4 Å². The van der Waals surface area contributed by atoms with Crippen molar-refractivity contribution in [3.8, 4) is 0 Å². The fourth-order valence-corrected chi connectivity index (χ4v) is 1.18. The lowest BCUT2D eigenvalue weighted by molar-refractivity contribution is 0.0601. The van der Waals surface area contributed by atoms with E-state index in [-0.39, 0.29) is 4.82 Å². The highest BCUT2D eigenvalue weighted by Gasteiger charge is 2.05. The number of anilines is 1. The molecule has 0 heterocycles. The summed E-state index contributed by atoms with van der Waals surface area (Å²) in [6.45, 7) is 0. The number of halogens is 1. The lowest BCUT2D eigenvalue weighted by Crippen LogP contribution is -2.04. The Kier molecular flexibility index (Phi) is 3.64. The Morgan fingerprint density at radius 3 is 2.71 bits per heavy atom. The van der Waals surface area contributed by atoms with E-state index in [1.54, 1.807) is 18.2 Å². The number of esters is 1. The van der Waals surface area contributed by atoms with Gasteiger partial charge in [0.1, 0.15) is 0 Å². The first-order valence-electron chi connectivity index (χ1n) is 3.78. The number of ether oxygens (including phenoxy) is 1. The average Bonchev–Trinajstić information content (AvgIpc) is 2.16. The second kappa shape index (κ2) is 4.76. The highest BCUT2D eigenvalue weighted by molar-refractivity contribution is 9.18. The number of nitrogens with one attached hydrogen (secondary N) is 1. The van der Waals surface area contributed by atoms with Crippen molar-refractivity contribution < 1.29 is 14.3 Å². The number of rotatable bonds is 2. The Hall–Kier alpha value is -1.36. The van der Waals surface area contributed by atoms with E-state index < -0.39 is 5.97 Å². The highest BCUT2D eigenvalue weighted by Crippen LogP contribution is 2.12. The molecule has 74 valence electrons. The third kappa shape index (κ3) is 2.85. The van der Waals surface area contributed by atoms with Gasteiger partial charge < -0.3 is 10.1 Å². The van der Waals surface area contributed by atoms with Gasteiger partial charge in [0.25, 0.3) is 4.82 Å². The molecule has 4 nitrogen and oxygen atoms in total. The molecule has 0 bridgehead atoms. The minimum absolute atomic E-state index is 0.362. The average molecular weight is 258 g/mol. The first-order valence-corrected chi connectivity index (χ1v) is 4.57. The summed E-state index contributed by atoms with van der Waals surface area (Å²) in [6.07, 6.45) is 0. The standard InChI is InChI=1S/C9H8BrNO3/c1-14-8(12)6-3-2-4-7(5-6)11-9(10)13/h2-5H,1H3,(H,11,13). The highest BCUT2D eigenvalue weighted by atomic mass is 79.9. The first kappa shape index (κ1) is 10.7. The molecule has 14 heavy (non-hydrogen) atoms. The van der Waals surface area contributed by atoms with E-state index >= 15 is 0 Å². The summed E-state index contributed by atoms with van der Waals surface area (Å²) < 4.78 is 4.53. The van der Waals surface area contributed by atoms with Gasteiger partial charge in [0.15, 0.2) is 0 Å². The van der Waals surface area contributed by atoms with E-state index in [1.807, 2.05) is 0 Å². The van der Waals surface area contributed by atoms with E-state index in [1.165, 1.54) is 13.2 Å². The third-order valence-corrected chi connectivity index (χ3v) is 1.72. The van der Waals surface area contributed by atoms with Crippen molar-refractivity contribution >= 4 is 32.4 Å². The van der Waals surface area contributed by atoms with Crippen molar-refractivity contribution in [2.75, 3.05) is 12.4 Å². The molecule has 1 N–H and O–H groups in total. The maximum atomic E-state index is 11.1. The number of methoxy groups -OCH3 is 1. The Balaban J connectivity index is 2.89. The second-order valence-corrected chi connectivity index (χ2v) is 3.19. The molecular weight excluding hydrogens is 250 g/mol. The van der Waals surface area contributed by atoms with Gasteiger partial charge in [-0.1, -0.05) is 6.07 Å². The van der Waals surface area contributed by atoms with Gasteiger partial charge in [-0.3, -0.25) is 4.79 Å². The van der Waals surface area contributed by atoms with Crippen molar-refractivity contribution in [3.63, 3.8) is 0 Å². The lowest BCUT2D eigenvalue weighted by Gasteiger charge is -2.03. The fourth-order valence-electron chi connectivity index (χ4n) is 0.955. The van der Waals surface area contributed by atoms with Crippen LogP contribution in [-0.2, 0) is 4.74 Å². The Bertz CT molecular complexity index is 365. The monoisotopic (exact) mass is 257 g/mol. The molecule has 0 unspecified atom stereocenters. The van der Waals surface area contributed by atoms with Gasteiger partial charge in [-0.15, -0.1) is 0 Å². The molecular formula is C9H8BrNO3. The van der Waals surface area contributed by atoms with Crippen LogP contribution in [0.25, 0.3) is 0 Å². The molecule has 1 amide bonds. The molecule has 0 aliphatic heterocycles. The van der Waals surface area contributed by atoms with Crippen molar-refractivity contribution in [2.45, 2.75) is 0 Å². The van der Waals surface area contributed by atoms with Crippen LogP contribution in [0.4, 0.5) is 10.5 Å². The molecule has 1 aromatic carbocycles. The largest absolute Gasteiger partial charge is 0.465 e. The second-order valence-electron chi connectivity index (χ2n) is 2.47. The van der Waals surface area contributed by atoms with Gasteiger partial charge in [0, 0.05) is 21.6 Å². The molecule has 1 rings (SSSR count). The maximum absolute atomic E-state index is 11.1. The van der Waals surface area contributed by atoms with Crippen LogP contribution in [0.15, 0.2) is 24.3 Å². The Labute approximate surface area is 89.4 Å². The lowest BCUT2D eigenvalue weighted by atomic mass is 10.2. The van der Waals surface area contributed by atoms with Crippen LogP contribution >= 0.6 is 15.9 Å². The SMILES string of the molecule is COC(=O)c1cccc(NC(=O)Br)c1. The van der Waals surface area contributed by atoms with Crippen molar-refractivity contribution in [1.82, 2.24) is 0 Å². The minimum atomic E-state index is -0.435. The number of amides is 1. The molecule has 0 saturated carbocycles. The number of hydrogen-bond acceptors (Lipinski definition) is 3. The summed E-state index contributed by atoms with van der Waals surface area (Å²) in [5.41, 5.74) is 0.932. The van der Waals surface area contributed by atoms with Gasteiger partial charge >= 0.3 is 5.97 Å². The molecule has 5 heteroatoms. The fraction of sp³-hybridized carbons (Fsp3) is 0.111. The summed E-state index contributed by atoms with van der Waals surface area (Å²) in [5.74, 6) is -0.435. The van der Waals surface area contributed by atoms with Gasteiger partial charge in [0.05, 0.1) is 12.7 Å². The molecule has 0 aliphatic carbocycles. The minimum Gasteiger partial charge on any atom is -0.465 e. The van der Waals surface area contributed by atoms with E-state index in [2.05, 4.69) is 26.0 Å². The number of carbonyl (C=O) groups excluding carboxylic acids is 2. The van der Waals surface area contributed by atoms with Gasteiger partial charge in [-0.05, 0) is 18.2 Å². The van der Waals surface area contributed by atoms with Crippen LogP contribution in [0.5, 0.6) is 0 Å². The summed E-state index contributed by atoms with van der Waals surface area (Å²) in [5, 5.41) is 2.49. The van der Waals surface area contributed by atoms with Gasteiger partial charge in [-0.2, -0.15) is 0 Å². The normalized spacial score (nSPS) is 9.29. The zero-order chi connectivity index (χ0) is 10.6. The van der Waals surface area contributed by atoms with Crippen LogP contribution < -0.4 is 5.32 Å². The van der Waals surface area contributed by atoms with E-state index in [0.29, 0.717) is 11.3 Å². The number of carbonyl (C=O) groups is 2. The quantitative estimate of drug-likeness (QED) is 0.503. The van der Waals surface area contributed by atoms with Crippen molar-refractivity contribution in [3.05, 3.63) is 29.8 Å². The van der Waals surface area contributed by atoms with Crippen molar-refractivity contribution in [2.24, 2.45) is 0 Å². The van der Waals surface area contributed by atoms with Crippen LogP contribution in [0, 0.1) is 0 Å². The van der Waals surface area contributed by atoms with E-state index in [0.717, 1.165) is 0 Å². The summed E-state index contributed by atoms with van der Waals surface area (Å²) >= 11 is 2.72. The third-order valence-electron chi connectivity index (χ3n) is 1.53. The summed E-state index contributed by atoms with van der Waals surface area (Å²) in [6, 6.07) is 6.47. The van der Waals surface area contributed by atoms with Crippen LogP contribution in [0.3, 0.4) is 0 Å². The summed E-state index contributed by atoms with van der Waals surface area (Å²) in [7, 11) is 1.30. The molecule has 0 aromatic heterocycles. The van der Waals surface area contributed by atoms with E-state index in [4.69, 9.17) is 0 Å². The molecule has 1 aromatic rings. The van der Waals surface area contributed by atoms with E-state index in [9.17, 15) is 9.59 Å². The van der Waals surface area contributed by atoms with Crippen LogP contribution in [0.1, 0.15) is 10.4 Å². The molecule has 0 spiro atoms. The van der Waals surface area contributed by atoms with Crippen molar-refractivity contribution in [1.29, 1.82) is 0 Å². The van der Waals surface area contributed by atoms with Crippen LogP contribution in [-0.4, -0.2) is 17.9 Å². The zero-order valence-electron chi connectivity index (χ0n) is 7.41. The van der Waals surface area contributed by atoms with Gasteiger partial charge in [0.2, 0.25) is 0 Å². The first-order chi connectivity index (χ1) is 6.63. The molecule has 0 radical (unpaired) electrons. The molecule has 0 fully saturated rings. The van der Waals surface area contributed by atoms with Crippen LogP contribution in [0.2, 0.25) is 0 Å².